The zero-order chi connectivity index (χ0) is 13.9. The van der Waals surface area contributed by atoms with Crippen LogP contribution < -0.4 is 16.6 Å². The average Bonchev–Trinajstić information content (AvgIpc) is 3.09. The van der Waals surface area contributed by atoms with Crippen LogP contribution in [0.15, 0.2) is 36.1 Å². The third kappa shape index (κ3) is 2.59. The van der Waals surface area contributed by atoms with Crippen molar-refractivity contribution in [2.45, 2.75) is 19.4 Å². The minimum Gasteiger partial charge on any atom is -0.364 e. The minimum atomic E-state index is 0.259. The number of nitrogens with two attached hydrogens (primary N) is 1. The third-order valence-electron chi connectivity index (χ3n) is 2.99. The molecule has 3 heterocycles. The van der Waals surface area contributed by atoms with E-state index in [4.69, 9.17) is 5.84 Å². The van der Waals surface area contributed by atoms with Crippen LogP contribution in [-0.4, -0.2) is 20.4 Å². The average molecular weight is 288 g/mol. The lowest BCUT2D eigenvalue weighted by molar-refractivity contribution is 0.794. The van der Waals surface area contributed by atoms with Gasteiger partial charge in [0.05, 0.1) is 6.20 Å². The first kappa shape index (κ1) is 12.9. The van der Waals surface area contributed by atoms with Gasteiger partial charge in [0.15, 0.2) is 17.3 Å². The lowest BCUT2D eigenvalue weighted by Crippen LogP contribution is -2.20. The number of hydrogen-bond acceptors (Lipinski definition) is 6. The number of thiophene rings is 1. The first-order chi connectivity index (χ1) is 9.76. The van der Waals surface area contributed by atoms with E-state index >= 15 is 0 Å². The van der Waals surface area contributed by atoms with Gasteiger partial charge in [0.1, 0.15) is 0 Å². The van der Waals surface area contributed by atoms with Gasteiger partial charge in [-0.1, -0.05) is 6.07 Å². The molecule has 3 rings (SSSR count). The molecule has 1 atom stereocenters. The fraction of sp³-hybridized carbons (Fsp3) is 0.231. The Hall–Kier alpha value is -2.12. The molecule has 7 heteroatoms. The fourth-order valence-electron chi connectivity index (χ4n) is 2.11. The summed E-state index contributed by atoms with van der Waals surface area (Å²) in [6.45, 7) is 2.13. The maximum Gasteiger partial charge on any atom is 0.180 e. The molecule has 0 radical (unpaired) electrons. The van der Waals surface area contributed by atoms with Gasteiger partial charge in [-0.15, -0.1) is 11.3 Å². The number of aromatic nitrogens is 3. The van der Waals surface area contributed by atoms with E-state index < -0.39 is 0 Å². The number of fused-ring (bicyclic) bond motifs is 1. The summed E-state index contributed by atoms with van der Waals surface area (Å²) in [6.07, 6.45) is 6.36. The highest BCUT2D eigenvalue weighted by molar-refractivity contribution is 7.09. The minimum absolute atomic E-state index is 0.259. The maximum absolute atomic E-state index is 5.45. The molecule has 0 bridgehead atoms. The smallest absolute Gasteiger partial charge is 0.180 e. The topological polar surface area (TPSA) is 80.3 Å². The standard InChI is InChI=1S/C13H16N6S/c1-9(7-10-3-2-6-20-10)16-12-13-15-4-5-19(13)8-11(17-12)18-14/h2-6,8-9,18H,7,14H2,1H3,(H,16,17). The highest BCUT2D eigenvalue weighted by Crippen LogP contribution is 2.18. The second kappa shape index (κ2) is 5.48. The third-order valence-corrected chi connectivity index (χ3v) is 3.89. The number of nitrogens with zero attached hydrogens (tertiary/aromatic N) is 3. The molecule has 4 N–H and O–H groups in total. The highest BCUT2D eigenvalue weighted by atomic mass is 32.1. The number of hydrogen-bond donors (Lipinski definition) is 3. The van der Waals surface area contributed by atoms with Crippen molar-refractivity contribution in [2.75, 3.05) is 10.7 Å². The number of nitrogens with one attached hydrogen (secondary N) is 2. The number of anilines is 2. The predicted octanol–water partition coefficient (Wildman–Crippen LogP) is 2.12. The van der Waals surface area contributed by atoms with Crippen molar-refractivity contribution in [3.63, 3.8) is 0 Å². The predicted molar refractivity (Wildman–Crippen MR) is 81.9 cm³/mol. The summed E-state index contributed by atoms with van der Waals surface area (Å²) in [7, 11) is 0. The number of nitrogen functional groups attached to an aromatic ring is 1. The van der Waals surface area contributed by atoms with Crippen molar-refractivity contribution in [3.8, 4) is 0 Å². The molecule has 104 valence electrons. The molecular weight excluding hydrogens is 272 g/mol. The first-order valence-corrected chi connectivity index (χ1v) is 7.23. The van der Waals surface area contributed by atoms with E-state index in [0.717, 1.165) is 17.9 Å². The van der Waals surface area contributed by atoms with Crippen molar-refractivity contribution in [1.82, 2.24) is 14.4 Å². The Morgan fingerprint density at radius 2 is 2.40 bits per heavy atom. The van der Waals surface area contributed by atoms with Gasteiger partial charge in [-0.2, -0.15) is 0 Å². The van der Waals surface area contributed by atoms with Crippen LogP contribution in [0.4, 0.5) is 11.6 Å². The zero-order valence-electron chi connectivity index (χ0n) is 11.1. The highest BCUT2D eigenvalue weighted by Gasteiger charge is 2.11. The van der Waals surface area contributed by atoms with Crippen LogP contribution >= 0.6 is 11.3 Å². The van der Waals surface area contributed by atoms with E-state index in [-0.39, 0.29) is 6.04 Å². The van der Waals surface area contributed by atoms with E-state index in [1.165, 1.54) is 4.88 Å². The lowest BCUT2D eigenvalue weighted by atomic mass is 10.2. The summed E-state index contributed by atoms with van der Waals surface area (Å²) >= 11 is 1.76. The molecular formula is C13H16N6S. The molecule has 6 nitrogen and oxygen atoms in total. The van der Waals surface area contributed by atoms with Crippen LogP contribution in [-0.2, 0) is 6.42 Å². The van der Waals surface area contributed by atoms with Crippen LogP contribution in [0.3, 0.4) is 0 Å². The van der Waals surface area contributed by atoms with Crippen molar-refractivity contribution in [2.24, 2.45) is 5.84 Å². The Kier molecular flexibility index (Phi) is 3.53. The van der Waals surface area contributed by atoms with E-state index in [2.05, 4.69) is 45.1 Å². The zero-order valence-corrected chi connectivity index (χ0v) is 11.9. The second-order valence-corrected chi connectivity index (χ2v) is 5.64. The van der Waals surface area contributed by atoms with Gasteiger partial charge in [-0.05, 0) is 18.4 Å². The van der Waals surface area contributed by atoms with E-state index in [1.54, 1.807) is 23.7 Å². The van der Waals surface area contributed by atoms with Gasteiger partial charge in [-0.3, -0.25) is 0 Å². The molecule has 0 amide bonds. The fourth-order valence-corrected chi connectivity index (χ4v) is 2.95. The van der Waals surface area contributed by atoms with Crippen LogP contribution in [0.5, 0.6) is 0 Å². The molecule has 0 aliphatic heterocycles. The molecule has 20 heavy (non-hydrogen) atoms. The molecule has 0 saturated carbocycles. The monoisotopic (exact) mass is 288 g/mol. The van der Waals surface area contributed by atoms with E-state index in [0.29, 0.717) is 5.82 Å². The molecule has 0 aromatic carbocycles. The summed E-state index contributed by atoms with van der Waals surface area (Å²) in [4.78, 5) is 10.1. The summed E-state index contributed by atoms with van der Waals surface area (Å²) in [5, 5.41) is 5.49. The summed E-state index contributed by atoms with van der Waals surface area (Å²) in [5.41, 5.74) is 3.36. The molecule has 0 aliphatic carbocycles. The molecule has 1 unspecified atom stereocenters. The second-order valence-electron chi connectivity index (χ2n) is 4.61. The molecule has 0 spiro atoms. The summed E-state index contributed by atoms with van der Waals surface area (Å²) in [6, 6.07) is 4.46. The van der Waals surface area contributed by atoms with Crippen LogP contribution in [0.2, 0.25) is 0 Å². The molecule has 0 fully saturated rings. The Morgan fingerprint density at radius 1 is 1.50 bits per heavy atom. The number of hydrazine groups is 1. The van der Waals surface area contributed by atoms with Gasteiger partial charge in [0.25, 0.3) is 0 Å². The van der Waals surface area contributed by atoms with Crippen LogP contribution in [0.1, 0.15) is 11.8 Å². The van der Waals surface area contributed by atoms with Gasteiger partial charge in [0, 0.05) is 29.7 Å². The van der Waals surface area contributed by atoms with Crippen molar-refractivity contribution in [1.29, 1.82) is 0 Å². The Bertz CT molecular complexity index is 690. The van der Waals surface area contributed by atoms with Crippen LogP contribution in [0.25, 0.3) is 5.65 Å². The van der Waals surface area contributed by atoms with Crippen LogP contribution in [0, 0.1) is 0 Å². The quantitative estimate of drug-likeness (QED) is 0.495. The van der Waals surface area contributed by atoms with Gasteiger partial charge in [-0.25, -0.2) is 15.8 Å². The lowest BCUT2D eigenvalue weighted by Gasteiger charge is -2.15. The van der Waals surface area contributed by atoms with Gasteiger partial charge < -0.3 is 15.1 Å². The molecule has 0 aliphatic rings. The largest absolute Gasteiger partial charge is 0.364 e. The first-order valence-electron chi connectivity index (χ1n) is 6.35. The molecule has 3 aromatic rings. The molecule has 3 aromatic heterocycles. The maximum atomic E-state index is 5.45. The van der Waals surface area contributed by atoms with Crippen molar-refractivity contribution in [3.05, 3.63) is 41.0 Å². The number of imidazole rings is 1. The van der Waals surface area contributed by atoms with E-state index in [1.807, 2.05) is 10.6 Å². The Balaban J connectivity index is 1.84. The Morgan fingerprint density at radius 3 is 3.15 bits per heavy atom. The van der Waals surface area contributed by atoms with Crippen molar-refractivity contribution < 1.29 is 0 Å². The Labute approximate surface area is 120 Å². The van der Waals surface area contributed by atoms with Gasteiger partial charge >= 0.3 is 0 Å². The van der Waals surface area contributed by atoms with Crippen molar-refractivity contribution >= 4 is 28.6 Å². The number of rotatable bonds is 5. The van der Waals surface area contributed by atoms with E-state index in [9.17, 15) is 0 Å². The summed E-state index contributed by atoms with van der Waals surface area (Å²) < 4.78 is 1.89. The summed E-state index contributed by atoms with van der Waals surface area (Å²) in [5.74, 6) is 6.78. The van der Waals surface area contributed by atoms with Gasteiger partial charge in [0.2, 0.25) is 0 Å². The SMILES string of the molecule is CC(Cc1cccs1)Nc1nc(NN)cn2ccnc12. The normalized spacial score (nSPS) is 12.5. The molecule has 0 saturated heterocycles.